The molecule has 0 amide bonds. The first-order chi connectivity index (χ1) is 16.0. The molecule has 1 nitrogen and oxygen atoms in total. The van der Waals surface area contributed by atoms with E-state index < -0.39 is 23.3 Å². The predicted molar refractivity (Wildman–Crippen MR) is 125 cm³/mol. The van der Waals surface area contributed by atoms with Crippen molar-refractivity contribution in [1.82, 2.24) is 0 Å². The van der Waals surface area contributed by atoms with Crippen LogP contribution in [0.15, 0.2) is 37.1 Å². The average molecular weight is 463 g/mol. The summed E-state index contributed by atoms with van der Waals surface area (Å²) in [6, 6.07) is 5.23. The van der Waals surface area contributed by atoms with Crippen molar-refractivity contribution in [1.29, 1.82) is 0 Å². The van der Waals surface area contributed by atoms with E-state index in [1.165, 1.54) is 69.2 Å². The zero-order chi connectivity index (χ0) is 23.8. The molecule has 0 aliphatic heterocycles. The second-order valence-corrected chi connectivity index (χ2v) is 9.13. The lowest BCUT2D eigenvalue weighted by atomic mass is 9.76. The van der Waals surface area contributed by atoms with E-state index in [0.717, 1.165) is 31.9 Å². The SMILES string of the molecule is C=COc1ccc(-c2ccc(C3CCC(CCCCCCCC)CC3)c(F)c2F)c(F)c1F. The monoisotopic (exact) mass is 462 g/mol. The molecule has 33 heavy (non-hydrogen) atoms. The van der Waals surface area contributed by atoms with E-state index in [0.29, 0.717) is 11.5 Å². The van der Waals surface area contributed by atoms with Crippen LogP contribution in [0.3, 0.4) is 0 Å². The molecule has 0 radical (unpaired) electrons. The van der Waals surface area contributed by atoms with Gasteiger partial charge in [-0.15, -0.1) is 0 Å². The van der Waals surface area contributed by atoms with Crippen LogP contribution in [0.4, 0.5) is 17.6 Å². The molecular formula is C28H34F4O. The molecule has 2 aromatic carbocycles. The largest absolute Gasteiger partial charge is 0.462 e. The Hall–Kier alpha value is -2.30. The van der Waals surface area contributed by atoms with Crippen LogP contribution in [0.2, 0.25) is 0 Å². The van der Waals surface area contributed by atoms with E-state index in [4.69, 9.17) is 4.74 Å². The molecule has 0 N–H and O–H groups in total. The number of rotatable bonds is 11. The zero-order valence-electron chi connectivity index (χ0n) is 19.4. The Balaban J connectivity index is 1.64. The van der Waals surface area contributed by atoms with Crippen molar-refractivity contribution in [2.45, 2.75) is 83.5 Å². The molecule has 0 spiro atoms. The van der Waals surface area contributed by atoms with Crippen molar-refractivity contribution in [3.05, 3.63) is 65.9 Å². The summed E-state index contributed by atoms with van der Waals surface area (Å²) in [6.07, 6.45) is 13.6. The molecule has 0 saturated heterocycles. The van der Waals surface area contributed by atoms with Crippen LogP contribution in [-0.4, -0.2) is 0 Å². The fraction of sp³-hybridized carbons (Fsp3) is 0.500. The van der Waals surface area contributed by atoms with Gasteiger partial charge < -0.3 is 4.74 Å². The maximum atomic E-state index is 15.0. The van der Waals surface area contributed by atoms with E-state index in [1.807, 2.05) is 0 Å². The van der Waals surface area contributed by atoms with Gasteiger partial charge in [0.05, 0.1) is 6.26 Å². The lowest BCUT2D eigenvalue weighted by Crippen LogP contribution is -2.15. The first kappa shape index (κ1) is 25.3. The highest BCUT2D eigenvalue weighted by Crippen LogP contribution is 2.41. The van der Waals surface area contributed by atoms with Gasteiger partial charge in [0, 0.05) is 11.1 Å². The topological polar surface area (TPSA) is 9.23 Å². The van der Waals surface area contributed by atoms with E-state index in [9.17, 15) is 17.6 Å². The van der Waals surface area contributed by atoms with E-state index in [-0.39, 0.29) is 22.8 Å². The summed E-state index contributed by atoms with van der Waals surface area (Å²) < 4.78 is 63.4. The Morgan fingerprint density at radius 2 is 1.39 bits per heavy atom. The minimum absolute atomic E-state index is 0.0423. The predicted octanol–water partition coefficient (Wildman–Crippen LogP) is 9.46. The Labute approximate surface area is 194 Å². The van der Waals surface area contributed by atoms with Crippen LogP contribution in [-0.2, 0) is 0 Å². The van der Waals surface area contributed by atoms with E-state index >= 15 is 0 Å². The molecule has 1 saturated carbocycles. The number of ether oxygens (including phenoxy) is 1. The van der Waals surface area contributed by atoms with Gasteiger partial charge in [0.2, 0.25) is 5.82 Å². The summed E-state index contributed by atoms with van der Waals surface area (Å²) in [4.78, 5) is 0. The fourth-order valence-electron chi connectivity index (χ4n) is 4.98. The van der Waals surface area contributed by atoms with Crippen molar-refractivity contribution >= 4 is 0 Å². The van der Waals surface area contributed by atoms with Crippen LogP contribution >= 0.6 is 0 Å². The third kappa shape index (κ3) is 6.18. The van der Waals surface area contributed by atoms with Gasteiger partial charge in [-0.1, -0.05) is 70.6 Å². The Bertz CT molecular complexity index is 932. The van der Waals surface area contributed by atoms with Crippen molar-refractivity contribution < 1.29 is 22.3 Å². The number of hydrogen-bond donors (Lipinski definition) is 0. The Morgan fingerprint density at radius 3 is 2.06 bits per heavy atom. The molecule has 0 aromatic heterocycles. The average Bonchev–Trinajstić information content (AvgIpc) is 2.82. The highest BCUT2D eigenvalue weighted by Gasteiger charge is 2.27. The molecule has 2 aromatic rings. The lowest BCUT2D eigenvalue weighted by Gasteiger charge is -2.29. The highest BCUT2D eigenvalue weighted by molar-refractivity contribution is 5.66. The van der Waals surface area contributed by atoms with Crippen LogP contribution in [0.1, 0.15) is 89.0 Å². The van der Waals surface area contributed by atoms with Gasteiger partial charge in [0.25, 0.3) is 0 Å². The molecular weight excluding hydrogens is 428 g/mol. The number of hydrogen-bond acceptors (Lipinski definition) is 1. The van der Waals surface area contributed by atoms with Crippen LogP contribution in [0.5, 0.6) is 5.75 Å². The van der Waals surface area contributed by atoms with Crippen LogP contribution in [0.25, 0.3) is 11.1 Å². The molecule has 1 fully saturated rings. The van der Waals surface area contributed by atoms with Gasteiger partial charge in [0.1, 0.15) is 0 Å². The third-order valence-electron chi connectivity index (χ3n) is 6.91. The van der Waals surface area contributed by atoms with Gasteiger partial charge in [-0.3, -0.25) is 0 Å². The minimum atomic E-state index is -1.28. The molecule has 5 heteroatoms. The first-order valence-electron chi connectivity index (χ1n) is 12.2. The fourth-order valence-corrected chi connectivity index (χ4v) is 4.98. The summed E-state index contributed by atoms with van der Waals surface area (Å²) in [5.41, 5.74) is -0.300. The number of halogens is 4. The molecule has 0 unspecified atom stereocenters. The number of unbranched alkanes of at least 4 members (excludes halogenated alkanes) is 5. The van der Waals surface area contributed by atoms with Crippen LogP contribution in [0, 0.1) is 29.2 Å². The zero-order valence-corrected chi connectivity index (χ0v) is 19.4. The van der Waals surface area contributed by atoms with Crippen molar-refractivity contribution in [2.75, 3.05) is 0 Å². The highest BCUT2D eigenvalue weighted by atomic mass is 19.2. The van der Waals surface area contributed by atoms with Crippen molar-refractivity contribution in [3.8, 4) is 16.9 Å². The van der Waals surface area contributed by atoms with Gasteiger partial charge in [0.15, 0.2) is 23.2 Å². The molecule has 1 aliphatic rings. The molecule has 180 valence electrons. The summed E-state index contributed by atoms with van der Waals surface area (Å²) >= 11 is 0. The van der Waals surface area contributed by atoms with Gasteiger partial charge in [-0.2, -0.15) is 4.39 Å². The van der Waals surface area contributed by atoms with Gasteiger partial charge in [-0.05, 0) is 55.2 Å². The van der Waals surface area contributed by atoms with E-state index in [1.54, 1.807) is 0 Å². The molecule has 0 bridgehead atoms. The van der Waals surface area contributed by atoms with Crippen molar-refractivity contribution in [3.63, 3.8) is 0 Å². The molecule has 0 heterocycles. The second-order valence-electron chi connectivity index (χ2n) is 9.13. The molecule has 0 atom stereocenters. The smallest absolute Gasteiger partial charge is 0.201 e. The first-order valence-corrected chi connectivity index (χ1v) is 12.2. The third-order valence-corrected chi connectivity index (χ3v) is 6.91. The summed E-state index contributed by atoms with van der Waals surface area (Å²) in [6.45, 7) is 5.52. The minimum Gasteiger partial charge on any atom is -0.462 e. The standard InChI is InChI=1S/C28H34F4O/c1-3-5-6-7-8-9-10-19-11-13-20(14-12-19)21-15-16-22(26(30)25(21)29)23-17-18-24(33-4-2)28(32)27(23)31/h4,15-20H,2-3,5-14H2,1H3. The Morgan fingerprint density at radius 1 is 0.788 bits per heavy atom. The van der Waals surface area contributed by atoms with Gasteiger partial charge >= 0.3 is 0 Å². The molecule has 1 aliphatic carbocycles. The summed E-state index contributed by atoms with van der Waals surface area (Å²) in [7, 11) is 0. The summed E-state index contributed by atoms with van der Waals surface area (Å²) in [5.74, 6) is -4.39. The van der Waals surface area contributed by atoms with Crippen molar-refractivity contribution in [2.24, 2.45) is 5.92 Å². The van der Waals surface area contributed by atoms with E-state index in [2.05, 4.69) is 13.5 Å². The lowest BCUT2D eigenvalue weighted by molar-refractivity contribution is 0.297. The maximum absolute atomic E-state index is 15.0. The Kier molecular flexibility index (Phi) is 9.40. The molecule has 3 rings (SSSR count). The van der Waals surface area contributed by atoms with Crippen LogP contribution < -0.4 is 4.74 Å². The normalized spacial score (nSPS) is 18.3. The van der Waals surface area contributed by atoms with Gasteiger partial charge in [-0.25, -0.2) is 13.2 Å². The number of benzene rings is 2. The quantitative estimate of drug-likeness (QED) is 0.184. The maximum Gasteiger partial charge on any atom is 0.201 e. The second kappa shape index (κ2) is 12.2. The summed E-state index contributed by atoms with van der Waals surface area (Å²) in [5, 5.41) is 0.